The highest BCUT2D eigenvalue weighted by atomic mass is 16.3. The van der Waals surface area contributed by atoms with Gasteiger partial charge in [-0.3, -0.25) is 4.79 Å². The van der Waals surface area contributed by atoms with Gasteiger partial charge in [-0.25, -0.2) is 0 Å². The molecular weight excluding hydrogens is 314 g/mol. The van der Waals surface area contributed by atoms with Gasteiger partial charge in [-0.15, -0.1) is 0 Å². The predicted molar refractivity (Wildman–Crippen MR) is 97.7 cm³/mol. The van der Waals surface area contributed by atoms with Gasteiger partial charge in [-0.05, 0) is 54.9 Å². The van der Waals surface area contributed by atoms with Crippen molar-refractivity contribution in [1.29, 1.82) is 0 Å². The van der Waals surface area contributed by atoms with Crippen LogP contribution >= 0.6 is 0 Å². The first-order valence-corrected chi connectivity index (χ1v) is 8.93. The number of rotatable bonds is 5. The van der Waals surface area contributed by atoms with Gasteiger partial charge in [-0.2, -0.15) is 0 Å². The monoisotopic (exact) mass is 339 g/mol. The van der Waals surface area contributed by atoms with Crippen LogP contribution in [0.1, 0.15) is 34.3 Å². The molecule has 0 radical (unpaired) electrons. The Morgan fingerprint density at radius 3 is 2.36 bits per heavy atom. The Labute approximate surface area is 148 Å². The molecule has 2 aromatic rings. The second-order valence-corrected chi connectivity index (χ2v) is 6.76. The standard InChI is InChI=1S/C21H25NO3/c23-15-18-10-12-22(13-11-18)21(25)19-14-17(8-9-20(19)24)7-6-16-4-2-1-3-5-16/h1-5,8-9,14,18,23-24H,6-7,10-13,15H2. The van der Waals surface area contributed by atoms with E-state index in [4.69, 9.17) is 0 Å². The molecular formula is C21H25NO3. The van der Waals surface area contributed by atoms with Gasteiger partial charge in [0.2, 0.25) is 0 Å². The number of amides is 1. The summed E-state index contributed by atoms with van der Waals surface area (Å²) in [5.74, 6) is 0.211. The van der Waals surface area contributed by atoms with Gasteiger partial charge in [0.15, 0.2) is 0 Å². The molecule has 1 fully saturated rings. The molecule has 3 rings (SSSR count). The number of likely N-dealkylation sites (tertiary alicyclic amines) is 1. The summed E-state index contributed by atoms with van der Waals surface area (Å²) < 4.78 is 0. The maximum absolute atomic E-state index is 12.7. The van der Waals surface area contributed by atoms with Crippen LogP contribution in [-0.2, 0) is 12.8 Å². The van der Waals surface area contributed by atoms with Crippen molar-refractivity contribution in [3.8, 4) is 5.75 Å². The second-order valence-electron chi connectivity index (χ2n) is 6.76. The SMILES string of the molecule is O=C(c1cc(CCc2ccccc2)ccc1O)N1CCC(CO)CC1. The summed E-state index contributed by atoms with van der Waals surface area (Å²) >= 11 is 0. The number of phenolic OH excluding ortho intramolecular Hbond substituents is 1. The molecule has 2 N–H and O–H groups in total. The summed E-state index contributed by atoms with van der Waals surface area (Å²) in [6.45, 7) is 1.46. The van der Waals surface area contributed by atoms with Crippen LogP contribution in [-0.4, -0.2) is 40.7 Å². The summed E-state index contributed by atoms with van der Waals surface area (Å²) in [4.78, 5) is 14.5. The summed E-state index contributed by atoms with van der Waals surface area (Å²) in [5.41, 5.74) is 2.69. The molecule has 0 bridgehead atoms. The second kappa shape index (κ2) is 8.17. The highest BCUT2D eigenvalue weighted by Gasteiger charge is 2.24. The Kier molecular flexibility index (Phi) is 5.71. The maximum atomic E-state index is 12.7. The van der Waals surface area contributed by atoms with Crippen molar-refractivity contribution in [3.63, 3.8) is 0 Å². The third-order valence-corrected chi connectivity index (χ3v) is 5.00. The summed E-state index contributed by atoms with van der Waals surface area (Å²) in [6, 6.07) is 15.6. The van der Waals surface area contributed by atoms with E-state index in [0.717, 1.165) is 31.2 Å². The van der Waals surface area contributed by atoms with Gasteiger partial charge in [0.05, 0.1) is 5.56 Å². The van der Waals surface area contributed by atoms with Crippen LogP contribution < -0.4 is 0 Å². The van der Waals surface area contributed by atoms with E-state index in [-0.39, 0.29) is 24.2 Å². The first kappa shape index (κ1) is 17.5. The molecule has 1 heterocycles. The van der Waals surface area contributed by atoms with E-state index in [0.29, 0.717) is 18.7 Å². The third-order valence-electron chi connectivity index (χ3n) is 5.00. The number of aromatic hydroxyl groups is 1. The van der Waals surface area contributed by atoms with Crippen LogP contribution in [0.3, 0.4) is 0 Å². The molecule has 0 unspecified atom stereocenters. The normalized spacial score (nSPS) is 15.3. The van der Waals surface area contributed by atoms with Gasteiger partial charge in [-0.1, -0.05) is 36.4 Å². The number of hydrogen-bond donors (Lipinski definition) is 2. The zero-order chi connectivity index (χ0) is 17.6. The number of piperidine rings is 1. The third kappa shape index (κ3) is 4.40. The largest absolute Gasteiger partial charge is 0.507 e. The Bertz CT molecular complexity index is 706. The van der Waals surface area contributed by atoms with Crippen molar-refractivity contribution >= 4 is 5.91 Å². The number of hydrogen-bond acceptors (Lipinski definition) is 3. The van der Waals surface area contributed by atoms with Gasteiger partial charge in [0.1, 0.15) is 5.75 Å². The molecule has 4 nitrogen and oxygen atoms in total. The minimum atomic E-state index is -0.115. The van der Waals surface area contributed by atoms with Gasteiger partial charge >= 0.3 is 0 Å². The maximum Gasteiger partial charge on any atom is 0.257 e. The molecule has 1 aliphatic rings. The number of aliphatic hydroxyl groups is 1. The summed E-state index contributed by atoms with van der Waals surface area (Å²) in [6.07, 6.45) is 3.37. The highest BCUT2D eigenvalue weighted by molar-refractivity contribution is 5.97. The van der Waals surface area contributed by atoms with E-state index in [1.54, 1.807) is 11.0 Å². The zero-order valence-electron chi connectivity index (χ0n) is 14.4. The molecule has 0 aromatic heterocycles. The van der Waals surface area contributed by atoms with E-state index in [1.807, 2.05) is 30.3 Å². The number of benzene rings is 2. The van der Waals surface area contributed by atoms with E-state index >= 15 is 0 Å². The summed E-state index contributed by atoms with van der Waals surface area (Å²) in [7, 11) is 0. The van der Waals surface area contributed by atoms with Gasteiger partial charge < -0.3 is 15.1 Å². The number of aryl methyl sites for hydroxylation is 2. The number of carbonyl (C=O) groups excluding carboxylic acids is 1. The summed E-state index contributed by atoms with van der Waals surface area (Å²) in [5, 5.41) is 19.4. The lowest BCUT2D eigenvalue weighted by molar-refractivity contribution is 0.0648. The first-order chi connectivity index (χ1) is 12.2. The predicted octanol–water partition coefficient (Wildman–Crippen LogP) is 3.02. The molecule has 0 aliphatic carbocycles. The first-order valence-electron chi connectivity index (χ1n) is 8.93. The number of phenols is 1. The Balaban J connectivity index is 1.67. The van der Waals surface area contributed by atoms with Crippen LogP contribution in [0.2, 0.25) is 0 Å². The fourth-order valence-electron chi connectivity index (χ4n) is 3.33. The van der Waals surface area contributed by atoms with Gasteiger partial charge in [0.25, 0.3) is 5.91 Å². The molecule has 1 amide bonds. The van der Waals surface area contributed by atoms with E-state index in [2.05, 4.69) is 12.1 Å². The smallest absolute Gasteiger partial charge is 0.257 e. The number of aliphatic hydroxyl groups excluding tert-OH is 1. The number of carbonyl (C=O) groups is 1. The molecule has 0 atom stereocenters. The van der Waals surface area contributed by atoms with Crippen molar-refractivity contribution in [3.05, 3.63) is 65.2 Å². The fraction of sp³-hybridized carbons (Fsp3) is 0.381. The van der Waals surface area contributed by atoms with Crippen molar-refractivity contribution in [2.24, 2.45) is 5.92 Å². The quantitative estimate of drug-likeness (QED) is 0.880. The van der Waals surface area contributed by atoms with Gasteiger partial charge in [0, 0.05) is 19.7 Å². The van der Waals surface area contributed by atoms with Crippen LogP contribution in [0, 0.1) is 5.92 Å². The topological polar surface area (TPSA) is 60.8 Å². The van der Waals surface area contributed by atoms with Crippen LogP contribution in [0.15, 0.2) is 48.5 Å². The highest BCUT2D eigenvalue weighted by Crippen LogP contribution is 2.24. The Morgan fingerprint density at radius 2 is 1.68 bits per heavy atom. The molecule has 1 saturated heterocycles. The van der Waals surface area contributed by atoms with Crippen molar-refractivity contribution in [1.82, 2.24) is 4.90 Å². The molecule has 0 saturated carbocycles. The lowest BCUT2D eigenvalue weighted by atomic mass is 9.96. The fourth-order valence-corrected chi connectivity index (χ4v) is 3.33. The lowest BCUT2D eigenvalue weighted by Crippen LogP contribution is -2.39. The Hall–Kier alpha value is -2.33. The van der Waals surface area contributed by atoms with Crippen molar-refractivity contribution in [2.75, 3.05) is 19.7 Å². The minimum absolute atomic E-state index is 0.0396. The molecule has 132 valence electrons. The average Bonchev–Trinajstić information content (AvgIpc) is 2.67. The Morgan fingerprint density at radius 1 is 1.00 bits per heavy atom. The van der Waals surface area contributed by atoms with Crippen LogP contribution in [0.4, 0.5) is 0 Å². The molecule has 25 heavy (non-hydrogen) atoms. The van der Waals surface area contributed by atoms with Crippen molar-refractivity contribution in [2.45, 2.75) is 25.7 Å². The zero-order valence-corrected chi connectivity index (χ0v) is 14.4. The lowest BCUT2D eigenvalue weighted by Gasteiger charge is -2.31. The minimum Gasteiger partial charge on any atom is -0.507 e. The van der Waals surface area contributed by atoms with E-state index < -0.39 is 0 Å². The number of nitrogens with zero attached hydrogens (tertiary/aromatic N) is 1. The average molecular weight is 339 g/mol. The van der Waals surface area contributed by atoms with E-state index in [9.17, 15) is 15.0 Å². The molecule has 2 aromatic carbocycles. The molecule has 1 aliphatic heterocycles. The van der Waals surface area contributed by atoms with E-state index in [1.165, 1.54) is 5.56 Å². The molecule has 4 heteroatoms. The van der Waals surface area contributed by atoms with Crippen LogP contribution in [0.25, 0.3) is 0 Å². The van der Waals surface area contributed by atoms with Crippen molar-refractivity contribution < 1.29 is 15.0 Å². The molecule has 0 spiro atoms. The van der Waals surface area contributed by atoms with Crippen LogP contribution in [0.5, 0.6) is 5.75 Å².